The van der Waals surface area contributed by atoms with Crippen LogP contribution in [-0.2, 0) is 22.6 Å². The molecule has 1 amide bonds. The van der Waals surface area contributed by atoms with E-state index in [1.165, 1.54) is 10.4 Å². The molecule has 30 heavy (non-hydrogen) atoms. The Hall–Kier alpha value is -3.10. The number of ether oxygens (including phenoxy) is 1. The fourth-order valence-corrected chi connectivity index (χ4v) is 3.36. The van der Waals surface area contributed by atoms with Crippen LogP contribution in [0.25, 0.3) is 11.4 Å². The van der Waals surface area contributed by atoms with Gasteiger partial charge in [0.25, 0.3) is 0 Å². The maximum atomic E-state index is 12.2. The first-order valence-corrected chi connectivity index (χ1v) is 10.3. The molecule has 1 aliphatic rings. The summed E-state index contributed by atoms with van der Waals surface area (Å²) in [6, 6.07) is 17.8. The first-order valence-electron chi connectivity index (χ1n) is 10.3. The monoisotopic (exact) mass is 406 g/mol. The van der Waals surface area contributed by atoms with Gasteiger partial charge in [0, 0.05) is 37.3 Å². The minimum atomic E-state index is -0.0145. The zero-order valence-electron chi connectivity index (χ0n) is 16.9. The van der Waals surface area contributed by atoms with Gasteiger partial charge < -0.3 is 10.1 Å². The van der Waals surface area contributed by atoms with Crippen LogP contribution in [0.2, 0.25) is 0 Å². The van der Waals surface area contributed by atoms with E-state index in [0.717, 1.165) is 44.1 Å². The lowest BCUT2D eigenvalue weighted by Crippen LogP contribution is -2.35. The minimum absolute atomic E-state index is 0.0145. The first-order chi connectivity index (χ1) is 14.8. The largest absolute Gasteiger partial charge is 0.379 e. The molecule has 4 rings (SSSR count). The van der Waals surface area contributed by atoms with Crippen molar-refractivity contribution in [1.29, 1.82) is 0 Å². The Morgan fingerprint density at radius 3 is 2.57 bits per heavy atom. The van der Waals surface area contributed by atoms with Crippen molar-refractivity contribution >= 4 is 11.6 Å². The molecular formula is C22H26N6O2. The molecule has 1 aromatic heterocycles. The standard InChI is InChI=1S/C22H26N6O2/c29-21(7-4-12-28-25-22(24-26-28)19-5-2-1-3-6-19)23-20-10-8-18(9-11-20)17-27-13-15-30-16-14-27/h1-3,5-6,8-11H,4,7,12-17H2,(H,23,29). The molecule has 156 valence electrons. The molecular weight excluding hydrogens is 380 g/mol. The molecule has 1 N–H and O–H groups in total. The van der Waals surface area contributed by atoms with Crippen molar-refractivity contribution in [2.75, 3.05) is 31.6 Å². The lowest BCUT2D eigenvalue weighted by atomic mass is 10.2. The first kappa shape index (κ1) is 20.2. The molecule has 0 radical (unpaired) electrons. The Balaban J connectivity index is 1.20. The molecule has 1 fully saturated rings. The number of benzene rings is 2. The topological polar surface area (TPSA) is 85.2 Å². The van der Waals surface area contributed by atoms with Crippen LogP contribution in [0.4, 0.5) is 5.69 Å². The number of morpholine rings is 1. The van der Waals surface area contributed by atoms with Gasteiger partial charge in [0.15, 0.2) is 0 Å². The lowest BCUT2D eigenvalue weighted by Gasteiger charge is -2.26. The Morgan fingerprint density at radius 2 is 1.80 bits per heavy atom. The third-order valence-corrected chi connectivity index (χ3v) is 4.99. The normalized spacial score (nSPS) is 14.5. The average molecular weight is 406 g/mol. The maximum absolute atomic E-state index is 12.2. The summed E-state index contributed by atoms with van der Waals surface area (Å²) < 4.78 is 5.38. The van der Waals surface area contributed by atoms with Crippen molar-refractivity contribution in [1.82, 2.24) is 25.1 Å². The molecule has 2 heterocycles. The number of carbonyl (C=O) groups excluding carboxylic acids is 1. The van der Waals surface area contributed by atoms with Crippen LogP contribution >= 0.6 is 0 Å². The van der Waals surface area contributed by atoms with Gasteiger partial charge in [-0.25, -0.2) is 0 Å². The van der Waals surface area contributed by atoms with Crippen molar-refractivity contribution < 1.29 is 9.53 Å². The van der Waals surface area contributed by atoms with Crippen molar-refractivity contribution in [2.45, 2.75) is 25.9 Å². The summed E-state index contributed by atoms with van der Waals surface area (Å²) in [5, 5.41) is 15.5. The highest BCUT2D eigenvalue weighted by Gasteiger charge is 2.11. The van der Waals surface area contributed by atoms with Crippen LogP contribution in [-0.4, -0.2) is 57.3 Å². The van der Waals surface area contributed by atoms with Gasteiger partial charge in [0.05, 0.1) is 19.8 Å². The van der Waals surface area contributed by atoms with Crippen LogP contribution < -0.4 is 5.32 Å². The number of hydrogen-bond donors (Lipinski definition) is 1. The quantitative estimate of drug-likeness (QED) is 0.619. The molecule has 0 unspecified atom stereocenters. The van der Waals surface area contributed by atoms with Crippen LogP contribution in [0, 0.1) is 0 Å². The Bertz CT molecular complexity index is 936. The molecule has 2 aromatic carbocycles. The van der Waals surface area contributed by atoms with Gasteiger partial charge in [0.1, 0.15) is 0 Å². The molecule has 8 heteroatoms. The molecule has 0 bridgehead atoms. The summed E-state index contributed by atoms with van der Waals surface area (Å²) in [7, 11) is 0. The minimum Gasteiger partial charge on any atom is -0.379 e. The van der Waals surface area contributed by atoms with E-state index in [9.17, 15) is 4.79 Å². The van der Waals surface area contributed by atoms with Crippen LogP contribution in [0.15, 0.2) is 54.6 Å². The van der Waals surface area contributed by atoms with Crippen molar-refractivity contribution in [3.05, 3.63) is 60.2 Å². The Morgan fingerprint density at radius 1 is 1.03 bits per heavy atom. The van der Waals surface area contributed by atoms with Gasteiger partial charge in [-0.05, 0) is 29.3 Å². The van der Waals surface area contributed by atoms with E-state index < -0.39 is 0 Å². The van der Waals surface area contributed by atoms with E-state index in [2.05, 4.69) is 37.8 Å². The van der Waals surface area contributed by atoms with E-state index >= 15 is 0 Å². The van der Waals surface area contributed by atoms with Crippen LogP contribution in [0.3, 0.4) is 0 Å². The average Bonchev–Trinajstić information content (AvgIpc) is 3.25. The molecule has 8 nitrogen and oxygen atoms in total. The SMILES string of the molecule is O=C(CCCn1nnc(-c2ccccc2)n1)Nc1ccc(CN2CCOCC2)cc1. The predicted octanol–water partition coefficient (Wildman–Crippen LogP) is 2.59. The second kappa shape index (κ2) is 10.1. The molecule has 3 aromatic rings. The van der Waals surface area contributed by atoms with Gasteiger partial charge in [-0.1, -0.05) is 42.5 Å². The smallest absolute Gasteiger partial charge is 0.224 e. The van der Waals surface area contributed by atoms with Gasteiger partial charge in [0.2, 0.25) is 11.7 Å². The van der Waals surface area contributed by atoms with Crippen molar-refractivity contribution in [3.8, 4) is 11.4 Å². The number of rotatable bonds is 8. The number of tetrazole rings is 1. The van der Waals surface area contributed by atoms with E-state index in [0.29, 0.717) is 25.2 Å². The summed E-state index contributed by atoms with van der Waals surface area (Å²) in [5.74, 6) is 0.580. The van der Waals surface area contributed by atoms with E-state index in [4.69, 9.17) is 4.74 Å². The van der Waals surface area contributed by atoms with Gasteiger partial charge in [-0.15, -0.1) is 10.2 Å². The number of aromatic nitrogens is 4. The van der Waals surface area contributed by atoms with Gasteiger partial charge in [-0.2, -0.15) is 4.80 Å². The zero-order valence-corrected chi connectivity index (χ0v) is 16.9. The molecule has 0 saturated carbocycles. The molecule has 1 aliphatic heterocycles. The van der Waals surface area contributed by atoms with Crippen molar-refractivity contribution in [3.63, 3.8) is 0 Å². The van der Waals surface area contributed by atoms with Crippen LogP contribution in [0.5, 0.6) is 0 Å². The van der Waals surface area contributed by atoms with Gasteiger partial charge in [-0.3, -0.25) is 9.69 Å². The van der Waals surface area contributed by atoms with E-state index in [1.54, 1.807) is 0 Å². The Kier molecular flexibility index (Phi) is 6.79. The number of nitrogens with one attached hydrogen (secondary N) is 1. The number of nitrogens with zero attached hydrogens (tertiary/aromatic N) is 5. The third kappa shape index (κ3) is 5.71. The van der Waals surface area contributed by atoms with Gasteiger partial charge >= 0.3 is 0 Å². The zero-order chi connectivity index (χ0) is 20.6. The number of carbonyl (C=O) groups is 1. The van der Waals surface area contributed by atoms with Crippen molar-refractivity contribution in [2.24, 2.45) is 0 Å². The molecule has 0 aliphatic carbocycles. The predicted molar refractivity (Wildman–Crippen MR) is 114 cm³/mol. The number of aryl methyl sites for hydroxylation is 1. The summed E-state index contributed by atoms with van der Waals surface area (Å²) in [6.07, 6.45) is 1.04. The number of hydrogen-bond acceptors (Lipinski definition) is 6. The third-order valence-electron chi connectivity index (χ3n) is 4.99. The molecule has 1 saturated heterocycles. The fraction of sp³-hybridized carbons (Fsp3) is 0.364. The van der Waals surface area contributed by atoms with E-state index in [1.807, 2.05) is 42.5 Å². The summed E-state index contributed by atoms with van der Waals surface area (Å²) in [6.45, 7) is 4.98. The Labute approximate surface area is 175 Å². The second-order valence-electron chi connectivity index (χ2n) is 7.31. The number of anilines is 1. The maximum Gasteiger partial charge on any atom is 0.224 e. The summed E-state index contributed by atoms with van der Waals surface area (Å²) in [5.41, 5.74) is 2.98. The lowest BCUT2D eigenvalue weighted by molar-refractivity contribution is -0.116. The number of amides is 1. The molecule has 0 spiro atoms. The summed E-state index contributed by atoms with van der Waals surface area (Å²) >= 11 is 0. The molecule has 0 atom stereocenters. The second-order valence-corrected chi connectivity index (χ2v) is 7.31. The highest BCUT2D eigenvalue weighted by atomic mass is 16.5. The van der Waals surface area contributed by atoms with E-state index in [-0.39, 0.29) is 5.91 Å². The van der Waals surface area contributed by atoms with Crippen LogP contribution in [0.1, 0.15) is 18.4 Å². The summed E-state index contributed by atoms with van der Waals surface area (Å²) in [4.78, 5) is 16.1. The highest BCUT2D eigenvalue weighted by Crippen LogP contribution is 2.14. The highest BCUT2D eigenvalue weighted by molar-refractivity contribution is 5.90. The fourth-order valence-electron chi connectivity index (χ4n) is 3.36.